The van der Waals surface area contributed by atoms with E-state index in [1.807, 2.05) is 67.8 Å². The lowest BCUT2D eigenvalue weighted by Crippen LogP contribution is -2.22. The maximum absolute atomic E-state index is 12.8. The first-order valence-corrected chi connectivity index (χ1v) is 7.57. The van der Waals surface area contributed by atoms with E-state index in [1.165, 1.54) is 0 Å². The molecule has 0 saturated heterocycles. The average molecular weight is 308 g/mol. The van der Waals surface area contributed by atoms with Crippen molar-refractivity contribution in [2.24, 2.45) is 5.41 Å². The first-order valence-electron chi connectivity index (χ1n) is 7.57. The maximum atomic E-state index is 12.8. The third-order valence-corrected chi connectivity index (χ3v) is 3.84. The van der Waals surface area contributed by atoms with Gasteiger partial charge in [0.15, 0.2) is 5.78 Å². The minimum atomic E-state index is -0.459. The molecule has 0 N–H and O–H groups in total. The number of carbonyl (C=O) groups excluding carboxylic acids is 1. The Hall–Kier alpha value is -2.62. The largest absolute Gasteiger partial charge is 0.497 e. The van der Waals surface area contributed by atoms with E-state index >= 15 is 0 Å². The lowest BCUT2D eigenvalue weighted by Gasteiger charge is -2.20. The summed E-state index contributed by atoms with van der Waals surface area (Å²) in [6.45, 7) is 5.78. The molecule has 4 nitrogen and oxygen atoms in total. The Kier molecular flexibility index (Phi) is 3.68. The van der Waals surface area contributed by atoms with E-state index in [9.17, 15) is 4.79 Å². The summed E-state index contributed by atoms with van der Waals surface area (Å²) in [5.41, 5.74) is 2.85. The van der Waals surface area contributed by atoms with Gasteiger partial charge in [-0.05, 0) is 24.3 Å². The predicted octanol–water partition coefficient (Wildman–Crippen LogP) is 4.26. The van der Waals surface area contributed by atoms with Crippen molar-refractivity contribution in [2.75, 3.05) is 7.11 Å². The monoisotopic (exact) mass is 308 g/mol. The molecule has 0 spiro atoms. The zero-order chi connectivity index (χ0) is 16.6. The van der Waals surface area contributed by atoms with Crippen LogP contribution < -0.4 is 4.74 Å². The number of imidazole rings is 1. The molecule has 0 aliphatic heterocycles. The molecule has 4 heteroatoms. The van der Waals surface area contributed by atoms with Crippen molar-refractivity contribution in [2.45, 2.75) is 20.8 Å². The fourth-order valence-corrected chi connectivity index (χ4v) is 2.58. The van der Waals surface area contributed by atoms with Crippen LogP contribution in [0.1, 0.15) is 31.1 Å². The number of methoxy groups -OCH3 is 1. The molecular formula is C19H20N2O2. The van der Waals surface area contributed by atoms with Gasteiger partial charge in [0.2, 0.25) is 0 Å². The number of ether oxygens (including phenoxy) is 1. The molecule has 2 aromatic carbocycles. The van der Waals surface area contributed by atoms with Crippen LogP contribution in [0.3, 0.4) is 0 Å². The van der Waals surface area contributed by atoms with E-state index < -0.39 is 5.41 Å². The highest BCUT2D eigenvalue weighted by atomic mass is 16.5. The highest BCUT2D eigenvalue weighted by Gasteiger charge is 2.26. The summed E-state index contributed by atoms with van der Waals surface area (Å²) in [7, 11) is 1.62. The molecule has 3 aromatic rings. The average Bonchev–Trinajstić information content (AvgIpc) is 2.96. The molecule has 0 fully saturated rings. The van der Waals surface area contributed by atoms with Crippen molar-refractivity contribution in [3.63, 3.8) is 0 Å². The minimum Gasteiger partial charge on any atom is -0.497 e. The number of para-hydroxylation sites is 2. The summed E-state index contributed by atoms with van der Waals surface area (Å²) in [5.74, 6) is 0.802. The molecule has 1 heterocycles. The van der Waals surface area contributed by atoms with Crippen LogP contribution in [0.15, 0.2) is 48.8 Å². The van der Waals surface area contributed by atoms with Crippen molar-refractivity contribution < 1.29 is 9.53 Å². The SMILES string of the molecule is COc1ccc(C(=O)C(C)(C)C)c(-n2cnc3ccccc32)c1. The third-order valence-electron chi connectivity index (χ3n) is 3.84. The summed E-state index contributed by atoms with van der Waals surface area (Å²) in [5, 5.41) is 0. The summed E-state index contributed by atoms with van der Waals surface area (Å²) >= 11 is 0. The van der Waals surface area contributed by atoms with Crippen molar-refractivity contribution in [3.8, 4) is 11.4 Å². The second-order valence-corrected chi connectivity index (χ2v) is 6.57. The van der Waals surface area contributed by atoms with Crippen LogP contribution in [-0.4, -0.2) is 22.4 Å². The standard InChI is InChI=1S/C19H20N2O2/c1-19(2,3)18(22)14-10-9-13(23-4)11-17(14)21-12-20-15-7-5-6-8-16(15)21/h5-12H,1-4H3. The first kappa shape index (κ1) is 15.3. The van der Waals surface area contributed by atoms with Gasteiger partial charge < -0.3 is 4.74 Å². The van der Waals surface area contributed by atoms with Gasteiger partial charge in [-0.3, -0.25) is 9.36 Å². The van der Waals surface area contributed by atoms with Crippen molar-refractivity contribution in [3.05, 3.63) is 54.4 Å². The van der Waals surface area contributed by atoms with E-state index in [-0.39, 0.29) is 5.78 Å². The van der Waals surface area contributed by atoms with E-state index in [4.69, 9.17) is 4.74 Å². The van der Waals surface area contributed by atoms with Gasteiger partial charge in [0.25, 0.3) is 0 Å². The normalized spacial score (nSPS) is 11.7. The van der Waals surface area contributed by atoms with E-state index in [0.717, 1.165) is 16.7 Å². The molecular weight excluding hydrogens is 288 g/mol. The molecule has 1 aromatic heterocycles. The van der Waals surface area contributed by atoms with Gasteiger partial charge in [-0.15, -0.1) is 0 Å². The van der Waals surface area contributed by atoms with Crippen LogP contribution in [0.4, 0.5) is 0 Å². The number of hydrogen-bond acceptors (Lipinski definition) is 3. The van der Waals surface area contributed by atoms with Crippen LogP contribution in [0.2, 0.25) is 0 Å². The molecule has 23 heavy (non-hydrogen) atoms. The van der Waals surface area contributed by atoms with Crippen molar-refractivity contribution >= 4 is 16.8 Å². The molecule has 3 rings (SSSR count). The third kappa shape index (κ3) is 2.72. The number of ketones is 1. The second kappa shape index (κ2) is 5.54. The quantitative estimate of drug-likeness (QED) is 0.679. The molecule has 118 valence electrons. The van der Waals surface area contributed by atoms with Crippen LogP contribution in [0.25, 0.3) is 16.7 Å². The van der Waals surface area contributed by atoms with E-state index in [1.54, 1.807) is 13.4 Å². The molecule has 0 amide bonds. The van der Waals surface area contributed by atoms with Crippen LogP contribution >= 0.6 is 0 Å². The Balaban J connectivity index is 2.26. The van der Waals surface area contributed by atoms with Gasteiger partial charge in [-0.2, -0.15) is 0 Å². The maximum Gasteiger partial charge on any atom is 0.170 e. The molecule has 0 atom stereocenters. The topological polar surface area (TPSA) is 44.1 Å². The van der Waals surface area contributed by atoms with Gasteiger partial charge >= 0.3 is 0 Å². The number of rotatable bonds is 3. The first-order chi connectivity index (χ1) is 10.9. The van der Waals surface area contributed by atoms with Gasteiger partial charge in [-0.25, -0.2) is 4.98 Å². The molecule has 0 aliphatic rings. The number of carbonyl (C=O) groups is 1. The number of fused-ring (bicyclic) bond motifs is 1. The van der Waals surface area contributed by atoms with Gasteiger partial charge in [0.05, 0.1) is 23.8 Å². The van der Waals surface area contributed by atoms with Gasteiger partial charge in [-0.1, -0.05) is 32.9 Å². The smallest absolute Gasteiger partial charge is 0.170 e. The Morgan fingerprint density at radius 1 is 1.13 bits per heavy atom. The minimum absolute atomic E-state index is 0.0907. The van der Waals surface area contributed by atoms with Crippen molar-refractivity contribution in [1.82, 2.24) is 9.55 Å². The van der Waals surface area contributed by atoms with E-state index in [2.05, 4.69) is 4.98 Å². The van der Waals surface area contributed by atoms with Crippen LogP contribution in [-0.2, 0) is 0 Å². The zero-order valence-electron chi connectivity index (χ0n) is 13.8. The Morgan fingerprint density at radius 3 is 2.57 bits per heavy atom. The molecule has 0 bridgehead atoms. The lowest BCUT2D eigenvalue weighted by atomic mass is 9.86. The number of benzene rings is 2. The molecule has 0 aliphatic carbocycles. The van der Waals surface area contributed by atoms with Crippen LogP contribution in [0, 0.1) is 5.41 Å². The molecule has 0 unspecified atom stereocenters. The number of hydrogen-bond donors (Lipinski definition) is 0. The summed E-state index contributed by atoms with van der Waals surface area (Å²) in [6.07, 6.45) is 1.75. The fourth-order valence-electron chi connectivity index (χ4n) is 2.58. The number of Topliss-reactive ketones (excluding diaryl/α,β-unsaturated/α-hetero) is 1. The lowest BCUT2D eigenvalue weighted by molar-refractivity contribution is 0.0858. The highest BCUT2D eigenvalue weighted by Crippen LogP contribution is 2.30. The molecule has 0 radical (unpaired) electrons. The van der Waals surface area contributed by atoms with E-state index in [0.29, 0.717) is 11.3 Å². The highest BCUT2D eigenvalue weighted by molar-refractivity contribution is 6.03. The Morgan fingerprint density at radius 2 is 1.87 bits per heavy atom. The second-order valence-electron chi connectivity index (χ2n) is 6.57. The van der Waals surface area contributed by atoms with Gasteiger partial charge in [0, 0.05) is 17.0 Å². The molecule has 0 saturated carbocycles. The summed E-state index contributed by atoms with van der Waals surface area (Å²) in [6, 6.07) is 13.4. The zero-order valence-corrected chi connectivity index (χ0v) is 13.8. The van der Waals surface area contributed by atoms with Crippen LogP contribution in [0.5, 0.6) is 5.75 Å². The number of aromatic nitrogens is 2. The van der Waals surface area contributed by atoms with Crippen molar-refractivity contribution in [1.29, 1.82) is 0 Å². The Labute approximate surface area is 135 Å². The Bertz CT molecular complexity index is 872. The fraction of sp³-hybridized carbons (Fsp3) is 0.263. The van der Waals surface area contributed by atoms with Gasteiger partial charge in [0.1, 0.15) is 12.1 Å². The predicted molar refractivity (Wildman–Crippen MR) is 91.4 cm³/mol. The summed E-state index contributed by atoms with van der Waals surface area (Å²) in [4.78, 5) is 17.3. The number of nitrogens with zero attached hydrogens (tertiary/aromatic N) is 2. The summed E-state index contributed by atoms with van der Waals surface area (Å²) < 4.78 is 7.28.